The lowest BCUT2D eigenvalue weighted by Crippen LogP contribution is -2.37. The molecule has 1 amide bonds. The summed E-state index contributed by atoms with van der Waals surface area (Å²) in [4.78, 5) is 18.5. The maximum Gasteiger partial charge on any atom is 0.254 e. The third-order valence-electron chi connectivity index (χ3n) is 3.47. The van der Waals surface area contributed by atoms with Crippen molar-refractivity contribution in [1.29, 1.82) is 0 Å². The van der Waals surface area contributed by atoms with Crippen LogP contribution in [0, 0.1) is 5.92 Å². The Morgan fingerprint density at radius 2 is 2.16 bits per heavy atom. The van der Waals surface area contributed by atoms with Crippen LogP contribution in [-0.4, -0.2) is 35.4 Å². The van der Waals surface area contributed by atoms with E-state index < -0.39 is 0 Å². The van der Waals surface area contributed by atoms with E-state index in [2.05, 4.69) is 17.2 Å². The van der Waals surface area contributed by atoms with E-state index in [1.54, 1.807) is 12.1 Å². The monoisotopic (exact) mass is 281 g/mol. The number of pyridine rings is 1. The molecule has 0 aliphatic carbocycles. The first-order chi connectivity index (χ1) is 9.10. The second-order valence-electron chi connectivity index (χ2n) is 5.07. The molecule has 1 aliphatic heterocycles. The smallest absolute Gasteiger partial charge is 0.254 e. The quantitative estimate of drug-likeness (QED) is 0.866. The number of likely N-dealkylation sites (tertiary alicyclic amines) is 1. The Balaban J connectivity index is 2.14. The molecule has 0 saturated carbocycles. The van der Waals surface area contributed by atoms with E-state index in [-0.39, 0.29) is 5.91 Å². The Bertz CT molecular complexity index is 456. The van der Waals surface area contributed by atoms with Crippen LogP contribution in [0.3, 0.4) is 0 Å². The molecule has 1 saturated heterocycles. The number of nitrogens with one attached hydrogen (secondary N) is 1. The molecule has 0 radical (unpaired) electrons. The molecular weight excluding hydrogens is 262 g/mol. The lowest BCUT2D eigenvalue weighted by molar-refractivity contribution is 0.0697. The molecule has 19 heavy (non-hydrogen) atoms. The molecule has 0 spiro atoms. The lowest BCUT2D eigenvalue weighted by atomic mass is 9.99. The van der Waals surface area contributed by atoms with Crippen LogP contribution in [-0.2, 0) is 0 Å². The number of nitrogens with zero attached hydrogens (tertiary/aromatic N) is 2. The highest BCUT2D eigenvalue weighted by Crippen LogP contribution is 2.20. The molecule has 1 fully saturated rings. The van der Waals surface area contributed by atoms with Gasteiger partial charge in [-0.2, -0.15) is 0 Å². The zero-order chi connectivity index (χ0) is 13.8. The van der Waals surface area contributed by atoms with Gasteiger partial charge in [0.1, 0.15) is 11.0 Å². The SMILES string of the molecule is CCNc1cc(C(=O)N2CCC(C)CC2)cc(Cl)n1. The molecule has 104 valence electrons. The minimum Gasteiger partial charge on any atom is -0.370 e. The molecule has 5 heteroatoms. The van der Waals surface area contributed by atoms with Crippen molar-refractivity contribution in [2.75, 3.05) is 25.0 Å². The number of rotatable bonds is 3. The standard InChI is InChI=1S/C14H20ClN3O/c1-3-16-13-9-11(8-12(15)17-13)14(19)18-6-4-10(2)5-7-18/h8-10H,3-7H2,1-2H3,(H,16,17). The summed E-state index contributed by atoms with van der Waals surface area (Å²) in [6.07, 6.45) is 2.15. The zero-order valence-corrected chi connectivity index (χ0v) is 12.2. The molecule has 0 bridgehead atoms. The van der Waals surface area contributed by atoms with Crippen LogP contribution >= 0.6 is 11.6 Å². The molecule has 0 atom stereocenters. The highest BCUT2D eigenvalue weighted by molar-refractivity contribution is 6.29. The van der Waals surface area contributed by atoms with Crippen molar-refractivity contribution in [3.05, 3.63) is 22.8 Å². The van der Waals surface area contributed by atoms with Gasteiger partial charge in [0, 0.05) is 25.2 Å². The zero-order valence-electron chi connectivity index (χ0n) is 11.4. The summed E-state index contributed by atoms with van der Waals surface area (Å²) < 4.78 is 0. The number of amides is 1. The first-order valence-electron chi connectivity index (χ1n) is 6.81. The number of carbonyl (C=O) groups is 1. The normalized spacial score (nSPS) is 16.5. The van der Waals surface area contributed by atoms with Gasteiger partial charge >= 0.3 is 0 Å². The van der Waals surface area contributed by atoms with E-state index >= 15 is 0 Å². The summed E-state index contributed by atoms with van der Waals surface area (Å²) in [5, 5.41) is 3.44. The fraction of sp³-hybridized carbons (Fsp3) is 0.571. The highest BCUT2D eigenvalue weighted by atomic mass is 35.5. The topological polar surface area (TPSA) is 45.2 Å². The molecule has 2 rings (SSSR count). The van der Waals surface area contributed by atoms with E-state index in [0.29, 0.717) is 22.5 Å². The second kappa shape index (κ2) is 6.24. The van der Waals surface area contributed by atoms with Crippen LogP contribution in [0.5, 0.6) is 0 Å². The highest BCUT2D eigenvalue weighted by Gasteiger charge is 2.22. The van der Waals surface area contributed by atoms with Gasteiger partial charge in [0.15, 0.2) is 0 Å². The van der Waals surface area contributed by atoms with Crippen LogP contribution in [0.25, 0.3) is 0 Å². The van der Waals surface area contributed by atoms with Gasteiger partial charge in [-0.05, 0) is 37.8 Å². The molecule has 1 aliphatic rings. The summed E-state index contributed by atoms with van der Waals surface area (Å²) in [5.74, 6) is 1.42. The molecule has 1 aromatic heterocycles. The van der Waals surface area contributed by atoms with Crippen LogP contribution in [0.2, 0.25) is 5.15 Å². The van der Waals surface area contributed by atoms with Gasteiger partial charge in [0.25, 0.3) is 5.91 Å². The van der Waals surface area contributed by atoms with E-state index in [1.165, 1.54) is 0 Å². The van der Waals surface area contributed by atoms with Crippen molar-refractivity contribution in [3.8, 4) is 0 Å². The van der Waals surface area contributed by atoms with Gasteiger partial charge in [-0.15, -0.1) is 0 Å². The van der Waals surface area contributed by atoms with Gasteiger partial charge in [-0.25, -0.2) is 4.98 Å². The lowest BCUT2D eigenvalue weighted by Gasteiger charge is -2.30. The number of aromatic nitrogens is 1. The maximum absolute atomic E-state index is 12.4. The molecule has 0 unspecified atom stereocenters. The van der Waals surface area contributed by atoms with E-state index in [0.717, 1.165) is 32.5 Å². The average molecular weight is 282 g/mol. The first kappa shape index (κ1) is 14.1. The van der Waals surface area contributed by atoms with Crippen LogP contribution in [0.1, 0.15) is 37.0 Å². The Labute approximate surface area is 119 Å². The molecule has 4 nitrogen and oxygen atoms in total. The number of anilines is 1. The molecule has 1 N–H and O–H groups in total. The predicted molar refractivity (Wildman–Crippen MR) is 77.7 cm³/mol. The van der Waals surface area contributed by atoms with Gasteiger partial charge in [0.05, 0.1) is 0 Å². The largest absolute Gasteiger partial charge is 0.370 e. The molecule has 0 aromatic carbocycles. The van der Waals surface area contributed by atoms with Crippen molar-refractivity contribution in [1.82, 2.24) is 9.88 Å². The van der Waals surface area contributed by atoms with Crippen molar-refractivity contribution in [2.24, 2.45) is 5.92 Å². The molecular formula is C14H20ClN3O. The van der Waals surface area contributed by atoms with Crippen LogP contribution < -0.4 is 5.32 Å². The summed E-state index contributed by atoms with van der Waals surface area (Å²) in [5.41, 5.74) is 0.616. The van der Waals surface area contributed by atoms with E-state index in [9.17, 15) is 4.79 Å². The summed E-state index contributed by atoms with van der Waals surface area (Å²) in [6.45, 7) is 6.62. The average Bonchev–Trinajstić information content (AvgIpc) is 2.38. The summed E-state index contributed by atoms with van der Waals surface area (Å²) >= 11 is 5.97. The van der Waals surface area contributed by atoms with Gasteiger partial charge in [0.2, 0.25) is 0 Å². The molecule has 1 aromatic rings. The number of halogens is 1. The Kier molecular flexibility index (Phi) is 4.64. The molecule has 2 heterocycles. The third kappa shape index (κ3) is 3.60. The van der Waals surface area contributed by atoms with Crippen molar-refractivity contribution in [2.45, 2.75) is 26.7 Å². The van der Waals surface area contributed by atoms with Crippen LogP contribution in [0.4, 0.5) is 5.82 Å². The van der Waals surface area contributed by atoms with Crippen molar-refractivity contribution >= 4 is 23.3 Å². The maximum atomic E-state index is 12.4. The second-order valence-corrected chi connectivity index (χ2v) is 5.46. The minimum atomic E-state index is 0.0513. The first-order valence-corrected chi connectivity index (χ1v) is 7.18. The Hall–Kier alpha value is -1.29. The van der Waals surface area contributed by atoms with Crippen molar-refractivity contribution in [3.63, 3.8) is 0 Å². The van der Waals surface area contributed by atoms with Gasteiger partial charge in [-0.1, -0.05) is 18.5 Å². The summed E-state index contributed by atoms with van der Waals surface area (Å²) in [6, 6.07) is 3.42. The fourth-order valence-corrected chi connectivity index (χ4v) is 2.49. The van der Waals surface area contributed by atoms with Gasteiger partial charge in [-0.3, -0.25) is 4.79 Å². The summed E-state index contributed by atoms with van der Waals surface area (Å²) in [7, 11) is 0. The van der Waals surface area contributed by atoms with E-state index in [4.69, 9.17) is 11.6 Å². The minimum absolute atomic E-state index is 0.0513. The number of piperidine rings is 1. The van der Waals surface area contributed by atoms with Crippen LogP contribution in [0.15, 0.2) is 12.1 Å². The number of hydrogen-bond acceptors (Lipinski definition) is 3. The third-order valence-corrected chi connectivity index (χ3v) is 3.66. The fourth-order valence-electron chi connectivity index (χ4n) is 2.29. The number of carbonyl (C=O) groups excluding carboxylic acids is 1. The Morgan fingerprint density at radius 1 is 1.47 bits per heavy atom. The predicted octanol–water partition coefficient (Wildman–Crippen LogP) is 3.04. The van der Waals surface area contributed by atoms with Gasteiger partial charge < -0.3 is 10.2 Å². The Morgan fingerprint density at radius 3 is 2.79 bits per heavy atom. The van der Waals surface area contributed by atoms with Crippen molar-refractivity contribution < 1.29 is 4.79 Å². The van der Waals surface area contributed by atoms with E-state index in [1.807, 2.05) is 11.8 Å². The number of hydrogen-bond donors (Lipinski definition) is 1.